The van der Waals surface area contributed by atoms with Crippen LogP contribution >= 0.6 is 0 Å². The molecule has 1 saturated heterocycles. The summed E-state index contributed by atoms with van der Waals surface area (Å²) < 4.78 is 18.5. The molecule has 1 aromatic rings. The van der Waals surface area contributed by atoms with Gasteiger partial charge in [0.15, 0.2) is 0 Å². The monoisotopic (exact) mass is 211 g/mol. The molecule has 0 saturated carbocycles. The lowest BCUT2D eigenvalue weighted by atomic mass is 10.2. The van der Waals surface area contributed by atoms with Gasteiger partial charge in [0, 0.05) is 19.2 Å². The van der Waals surface area contributed by atoms with Crippen molar-refractivity contribution in [1.29, 1.82) is 0 Å². The molecule has 3 nitrogen and oxygen atoms in total. The molecule has 1 aromatic carbocycles. The molecule has 0 spiro atoms. The Bertz CT molecular complexity index is 356. The molecule has 1 aliphatic heterocycles. The third kappa shape index (κ3) is 2.04. The molecule has 0 aromatic heterocycles. The minimum atomic E-state index is -0.351. The van der Waals surface area contributed by atoms with Crippen molar-refractivity contribution >= 4 is 5.69 Å². The zero-order chi connectivity index (χ0) is 10.8. The van der Waals surface area contributed by atoms with E-state index in [0.29, 0.717) is 30.9 Å². The van der Waals surface area contributed by atoms with Gasteiger partial charge in [-0.25, -0.2) is 4.39 Å². The molecule has 1 N–H and O–H groups in total. The average molecular weight is 211 g/mol. The van der Waals surface area contributed by atoms with Crippen molar-refractivity contribution in [2.24, 2.45) is 0 Å². The van der Waals surface area contributed by atoms with Crippen molar-refractivity contribution in [3.63, 3.8) is 0 Å². The fraction of sp³-hybridized carbons (Fsp3) is 0.455. The topological polar surface area (TPSA) is 32.7 Å². The molecular weight excluding hydrogens is 197 g/mol. The summed E-state index contributed by atoms with van der Waals surface area (Å²) in [5.41, 5.74) is 0.505. The van der Waals surface area contributed by atoms with Crippen LogP contribution in [-0.4, -0.2) is 31.4 Å². The number of aliphatic hydroxyl groups is 1. The molecule has 4 heteroatoms. The van der Waals surface area contributed by atoms with E-state index in [9.17, 15) is 9.50 Å². The fourth-order valence-corrected chi connectivity index (χ4v) is 1.82. The molecule has 2 rings (SSSR count). The number of β-amino-alcohol motifs (C(OH)–C–C–N with tert-alkyl or cyclic N) is 1. The van der Waals surface area contributed by atoms with Gasteiger partial charge in [-0.05, 0) is 18.6 Å². The van der Waals surface area contributed by atoms with E-state index in [0.717, 1.165) is 0 Å². The van der Waals surface area contributed by atoms with Gasteiger partial charge in [0.1, 0.15) is 11.6 Å². The Balaban J connectivity index is 2.26. The van der Waals surface area contributed by atoms with Gasteiger partial charge in [0.2, 0.25) is 0 Å². The van der Waals surface area contributed by atoms with Gasteiger partial charge < -0.3 is 14.7 Å². The summed E-state index contributed by atoms with van der Waals surface area (Å²) in [6, 6.07) is 4.64. The highest BCUT2D eigenvalue weighted by molar-refractivity contribution is 5.52. The van der Waals surface area contributed by atoms with Crippen molar-refractivity contribution in [1.82, 2.24) is 0 Å². The molecule has 1 heterocycles. The maximum Gasteiger partial charge on any atom is 0.146 e. The molecule has 0 radical (unpaired) electrons. The van der Waals surface area contributed by atoms with Crippen LogP contribution in [0.5, 0.6) is 5.75 Å². The number of anilines is 1. The van der Waals surface area contributed by atoms with E-state index in [4.69, 9.17) is 4.74 Å². The van der Waals surface area contributed by atoms with E-state index in [2.05, 4.69) is 0 Å². The van der Waals surface area contributed by atoms with Crippen LogP contribution in [0, 0.1) is 5.82 Å². The molecule has 15 heavy (non-hydrogen) atoms. The lowest BCUT2D eigenvalue weighted by Gasteiger charge is -2.19. The van der Waals surface area contributed by atoms with Crippen LogP contribution in [0.4, 0.5) is 10.1 Å². The lowest BCUT2D eigenvalue weighted by molar-refractivity contribution is 0.198. The summed E-state index contributed by atoms with van der Waals surface area (Å²) in [7, 11) is 1.55. The number of halogens is 1. The van der Waals surface area contributed by atoms with Crippen LogP contribution in [0.15, 0.2) is 18.2 Å². The standard InChI is InChI=1S/C11H14FNO2/c1-15-9-2-3-10(12)11(6-9)13-5-4-8(14)7-13/h2-3,6,8,14H,4-5,7H2,1H3/t8-/m0/s1. The van der Waals surface area contributed by atoms with Gasteiger partial charge in [-0.1, -0.05) is 0 Å². The van der Waals surface area contributed by atoms with Gasteiger partial charge in [-0.2, -0.15) is 0 Å². The summed E-state index contributed by atoms with van der Waals surface area (Å²) >= 11 is 0. The van der Waals surface area contributed by atoms with E-state index in [1.54, 1.807) is 19.2 Å². The quantitative estimate of drug-likeness (QED) is 0.802. The molecule has 0 aliphatic carbocycles. The average Bonchev–Trinajstić information content (AvgIpc) is 2.65. The molecule has 0 bridgehead atoms. The Labute approximate surface area is 88.1 Å². The highest BCUT2D eigenvalue weighted by Gasteiger charge is 2.22. The molecule has 0 unspecified atom stereocenters. The molecule has 1 atom stereocenters. The van der Waals surface area contributed by atoms with Crippen LogP contribution in [0.3, 0.4) is 0 Å². The predicted octanol–water partition coefficient (Wildman–Crippen LogP) is 1.41. The van der Waals surface area contributed by atoms with Gasteiger partial charge in [-0.3, -0.25) is 0 Å². The lowest BCUT2D eigenvalue weighted by Crippen LogP contribution is -2.22. The first-order chi connectivity index (χ1) is 7.20. The van der Waals surface area contributed by atoms with Gasteiger partial charge in [0.25, 0.3) is 0 Å². The molecule has 82 valence electrons. The zero-order valence-electron chi connectivity index (χ0n) is 8.61. The highest BCUT2D eigenvalue weighted by atomic mass is 19.1. The number of ether oxygens (including phenoxy) is 1. The number of methoxy groups -OCH3 is 1. The smallest absolute Gasteiger partial charge is 0.146 e. The van der Waals surface area contributed by atoms with Crippen LogP contribution < -0.4 is 9.64 Å². The first kappa shape index (κ1) is 10.2. The zero-order valence-corrected chi connectivity index (χ0v) is 8.61. The summed E-state index contributed by atoms with van der Waals surface area (Å²) in [5.74, 6) is 0.359. The SMILES string of the molecule is COc1ccc(F)c(N2CC[C@H](O)C2)c1. The van der Waals surface area contributed by atoms with Crippen molar-refractivity contribution in [2.45, 2.75) is 12.5 Å². The Kier molecular flexibility index (Phi) is 2.77. The fourth-order valence-electron chi connectivity index (χ4n) is 1.82. The van der Waals surface area contributed by atoms with Gasteiger partial charge in [0.05, 0.1) is 18.9 Å². The summed E-state index contributed by atoms with van der Waals surface area (Å²) in [5, 5.41) is 9.38. The van der Waals surface area contributed by atoms with Crippen LogP contribution in [0.25, 0.3) is 0 Å². The van der Waals surface area contributed by atoms with Gasteiger partial charge in [-0.15, -0.1) is 0 Å². The number of benzene rings is 1. The predicted molar refractivity (Wildman–Crippen MR) is 55.8 cm³/mol. The van der Waals surface area contributed by atoms with Gasteiger partial charge >= 0.3 is 0 Å². The molecule has 1 fully saturated rings. The van der Waals surface area contributed by atoms with Crippen molar-refractivity contribution in [3.05, 3.63) is 24.0 Å². The first-order valence-electron chi connectivity index (χ1n) is 4.97. The highest BCUT2D eigenvalue weighted by Crippen LogP contribution is 2.27. The second-order valence-corrected chi connectivity index (χ2v) is 3.71. The third-order valence-corrected chi connectivity index (χ3v) is 2.66. The van der Waals surface area contributed by atoms with E-state index in [1.165, 1.54) is 6.07 Å². The van der Waals surface area contributed by atoms with E-state index >= 15 is 0 Å². The van der Waals surface area contributed by atoms with Crippen LogP contribution in [0.2, 0.25) is 0 Å². The minimum absolute atomic E-state index is 0.273. The van der Waals surface area contributed by atoms with E-state index in [-0.39, 0.29) is 11.9 Å². The number of hydrogen-bond acceptors (Lipinski definition) is 3. The Hall–Kier alpha value is -1.29. The number of rotatable bonds is 2. The van der Waals surface area contributed by atoms with Crippen molar-refractivity contribution < 1.29 is 14.2 Å². The van der Waals surface area contributed by atoms with Crippen molar-refractivity contribution in [2.75, 3.05) is 25.1 Å². The molecule has 0 amide bonds. The maximum atomic E-state index is 13.5. The number of aliphatic hydroxyl groups excluding tert-OH is 1. The minimum Gasteiger partial charge on any atom is -0.497 e. The van der Waals surface area contributed by atoms with Crippen molar-refractivity contribution in [3.8, 4) is 5.75 Å². The summed E-state index contributed by atoms with van der Waals surface area (Å²) in [6.45, 7) is 1.18. The largest absolute Gasteiger partial charge is 0.497 e. The normalized spacial score (nSPS) is 20.7. The first-order valence-corrected chi connectivity index (χ1v) is 4.97. The summed E-state index contributed by atoms with van der Waals surface area (Å²) in [4.78, 5) is 1.84. The van der Waals surface area contributed by atoms with E-state index < -0.39 is 0 Å². The Morgan fingerprint density at radius 3 is 2.93 bits per heavy atom. The molecular formula is C11H14FNO2. The second-order valence-electron chi connectivity index (χ2n) is 3.71. The summed E-state index contributed by atoms with van der Waals surface area (Å²) in [6.07, 6.45) is 0.340. The second kappa shape index (κ2) is 4.06. The maximum absolute atomic E-state index is 13.5. The Morgan fingerprint density at radius 2 is 2.33 bits per heavy atom. The Morgan fingerprint density at radius 1 is 1.53 bits per heavy atom. The van der Waals surface area contributed by atoms with Crippen LogP contribution in [-0.2, 0) is 0 Å². The molecule has 1 aliphatic rings. The van der Waals surface area contributed by atoms with E-state index in [1.807, 2.05) is 4.90 Å². The van der Waals surface area contributed by atoms with Crippen LogP contribution in [0.1, 0.15) is 6.42 Å². The number of hydrogen-bond donors (Lipinski definition) is 1. The third-order valence-electron chi connectivity index (χ3n) is 2.66. The number of nitrogens with zero attached hydrogens (tertiary/aromatic N) is 1.